The molecule has 0 aliphatic rings. The largest absolute Gasteiger partial charge is 0.352 e. The Labute approximate surface area is 127 Å². The first-order valence-electron chi connectivity index (χ1n) is 7.07. The second kappa shape index (κ2) is 7.45. The van der Waals surface area contributed by atoms with Crippen LogP contribution in [-0.4, -0.2) is 33.2 Å². The Morgan fingerprint density at radius 3 is 2.57 bits per heavy atom. The summed E-state index contributed by atoms with van der Waals surface area (Å²) in [5, 5.41) is 2.82. The second-order valence-corrected chi connectivity index (χ2v) is 7.27. The molecular formula is C15H24N2O3S. The number of nitrogens with one attached hydrogen (secondary N) is 1. The van der Waals surface area contributed by atoms with E-state index < -0.39 is 10.0 Å². The topological polar surface area (TPSA) is 66.5 Å². The van der Waals surface area contributed by atoms with Gasteiger partial charge in [-0.3, -0.25) is 9.10 Å². The van der Waals surface area contributed by atoms with Crippen LogP contribution in [0.1, 0.15) is 32.3 Å². The SMILES string of the molecule is CCC[C@H](C)NC(=O)CN(c1cccc(C)c1)S(C)(=O)=O. The molecule has 21 heavy (non-hydrogen) atoms. The van der Waals surface area contributed by atoms with Gasteiger partial charge in [0.1, 0.15) is 6.54 Å². The van der Waals surface area contributed by atoms with E-state index in [4.69, 9.17) is 0 Å². The van der Waals surface area contributed by atoms with Crippen molar-refractivity contribution in [1.82, 2.24) is 5.32 Å². The first-order chi connectivity index (χ1) is 9.74. The van der Waals surface area contributed by atoms with Crippen molar-refractivity contribution in [3.8, 4) is 0 Å². The fraction of sp³-hybridized carbons (Fsp3) is 0.533. The third-order valence-electron chi connectivity index (χ3n) is 3.11. The Balaban J connectivity index is 2.89. The molecule has 0 aromatic heterocycles. The Kier molecular flexibility index (Phi) is 6.20. The van der Waals surface area contributed by atoms with Crippen LogP contribution in [0.4, 0.5) is 5.69 Å². The van der Waals surface area contributed by atoms with Crippen LogP contribution < -0.4 is 9.62 Å². The van der Waals surface area contributed by atoms with Crippen molar-refractivity contribution in [2.24, 2.45) is 0 Å². The summed E-state index contributed by atoms with van der Waals surface area (Å²) in [6.07, 6.45) is 2.95. The van der Waals surface area contributed by atoms with E-state index in [1.54, 1.807) is 18.2 Å². The van der Waals surface area contributed by atoms with Crippen LogP contribution in [0.25, 0.3) is 0 Å². The van der Waals surface area contributed by atoms with Crippen LogP contribution in [0.15, 0.2) is 24.3 Å². The Bertz CT molecular complexity index is 584. The second-order valence-electron chi connectivity index (χ2n) is 5.37. The number of carbonyl (C=O) groups is 1. The first-order valence-corrected chi connectivity index (χ1v) is 8.92. The zero-order valence-electron chi connectivity index (χ0n) is 13.1. The Hall–Kier alpha value is -1.56. The summed E-state index contributed by atoms with van der Waals surface area (Å²) in [5.41, 5.74) is 1.46. The zero-order valence-corrected chi connectivity index (χ0v) is 13.9. The molecule has 0 heterocycles. The van der Waals surface area contributed by atoms with Gasteiger partial charge in [0, 0.05) is 6.04 Å². The summed E-state index contributed by atoms with van der Waals surface area (Å²) in [7, 11) is -3.51. The first kappa shape index (κ1) is 17.5. The van der Waals surface area contributed by atoms with Gasteiger partial charge in [-0.1, -0.05) is 25.5 Å². The quantitative estimate of drug-likeness (QED) is 0.838. The minimum Gasteiger partial charge on any atom is -0.352 e. The van der Waals surface area contributed by atoms with Crippen LogP contribution in [0.3, 0.4) is 0 Å². The maximum atomic E-state index is 12.0. The fourth-order valence-electron chi connectivity index (χ4n) is 2.14. The predicted octanol–water partition coefficient (Wildman–Crippen LogP) is 2.07. The van der Waals surface area contributed by atoms with E-state index in [9.17, 15) is 13.2 Å². The molecule has 1 atom stereocenters. The van der Waals surface area contributed by atoms with Crippen molar-refractivity contribution in [1.29, 1.82) is 0 Å². The number of rotatable bonds is 7. The van der Waals surface area contributed by atoms with Crippen molar-refractivity contribution in [3.05, 3.63) is 29.8 Å². The third-order valence-corrected chi connectivity index (χ3v) is 4.25. The molecule has 0 aliphatic heterocycles. The van der Waals surface area contributed by atoms with Gasteiger partial charge in [0.15, 0.2) is 0 Å². The molecule has 6 heteroatoms. The predicted molar refractivity (Wildman–Crippen MR) is 85.9 cm³/mol. The molecule has 0 unspecified atom stereocenters. The molecule has 1 N–H and O–H groups in total. The lowest BCUT2D eigenvalue weighted by molar-refractivity contribution is -0.120. The molecule has 0 radical (unpaired) electrons. The normalized spacial score (nSPS) is 12.8. The van der Waals surface area contributed by atoms with E-state index in [1.165, 1.54) is 0 Å². The van der Waals surface area contributed by atoms with E-state index in [0.717, 1.165) is 29.0 Å². The van der Waals surface area contributed by atoms with Crippen molar-refractivity contribution in [2.45, 2.75) is 39.7 Å². The van der Waals surface area contributed by atoms with E-state index in [-0.39, 0.29) is 18.5 Å². The van der Waals surface area contributed by atoms with E-state index >= 15 is 0 Å². The number of nitrogens with zero attached hydrogens (tertiary/aromatic N) is 1. The summed E-state index contributed by atoms with van der Waals surface area (Å²) < 4.78 is 25.0. The number of hydrogen-bond donors (Lipinski definition) is 1. The molecule has 1 aromatic carbocycles. The summed E-state index contributed by atoms with van der Waals surface area (Å²) >= 11 is 0. The van der Waals surface area contributed by atoms with Crippen LogP contribution in [-0.2, 0) is 14.8 Å². The van der Waals surface area contributed by atoms with E-state index in [2.05, 4.69) is 5.32 Å². The average molecular weight is 312 g/mol. The van der Waals surface area contributed by atoms with Crippen molar-refractivity contribution >= 4 is 21.6 Å². The molecule has 1 rings (SSSR count). The van der Waals surface area contributed by atoms with Gasteiger partial charge < -0.3 is 5.32 Å². The standard InChI is InChI=1S/C15H24N2O3S/c1-5-7-13(3)16-15(18)11-17(21(4,19)20)14-9-6-8-12(2)10-14/h6,8-10,13H,5,7,11H2,1-4H3,(H,16,18)/t13-/m0/s1. The third kappa shape index (κ3) is 5.75. The van der Waals surface area contributed by atoms with E-state index in [1.807, 2.05) is 26.8 Å². The molecule has 0 spiro atoms. The summed E-state index contributed by atoms with van der Waals surface area (Å²) in [5.74, 6) is -0.289. The summed E-state index contributed by atoms with van der Waals surface area (Å²) in [6.45, 7) is 5.64. The number of anilines is 1. The number of aryl methyl sites for hydroxylation is 1. The molecule has 0 aliphatic carbocycles. The number of amides is 1. The minimum absolute atomic E-state index is 0.0430. The average Bonchev–Trinajstić information content (AvgIpc) is 2.34. The number of hydrogen-bond acceptors (Lipinski definition) is 3. The monoisotopic (exact) mass is 312 g/mol. The smallest absolute Gasteiger partial charge is 0.240 e. The number of sulfonamides is 1. The van der Waals surface area contributed by atoms with Gasteiger partial charge in [-0.05, 0) is 38.0 Å². The lowest BCUT2D eigenvalue weighted by Gasteiger charge is -2.23. The molecule has 0 saturated carbocycles. The molecule has 5 nitrogen and oxygen atoms in total. The highest BCUT2D eigenvalue weighted by Crippen LogP contribution is 2.18. The lowest BCUT2D eigenvalue weighted by Crippen LogP contribution is -2.43. The Morgan fingerprint density at radius 1 is 1.38 bits per heavy atom. The van der Waals surface area contributed by atoms with Crippen LogP contribution >= 0.6 is 0 Å². The van der Waals surface area contributed by atoms with Gasteiger partial charge in [0.25, 0.3) is 0 Å². The highest BCUT2D eigenvalue weighted by Gasteiger charge is 2.21. The van der Waals surface area contributed by atoms with Crippen LogP contribution in [0, 0.1) is 6.92 Å². The van der Waals surface area contributed by atoms with Gasteiger partial charge in [0.05, 0.1) is 11.9 Å². The fourth-order valence-corrected chi connectivity index (χ4v) is 2.99. The molecule has 1 amide bonds. The van der Waals surface area contributed by atoms with Crippen LogP contribution in [0.5, 0.6) is 0 Å². The van der Waals surface area contributed by atoms with Crippen molar-refractivity contribution < 1.29 is 13.2 Å². The molecule has 0 bridgehead atoms. The maximum absolute atomic E-state index is 12.0. The molecular weight excluding hydrogens is 288 g/mol. The van der Waals surface area contributed by atoms with E-state index in [0.29, 0.717) is 5.69 Å². The van der Waals surface area contributed by atoms with Gasteiger partial charge in [0.2, 0.25) is 15.9 Å². The summed E-state index contributed by atoms with van der Waals surface area (Å²) in [4.78, 5) is 12.0. The zero-order chi connectivity index (χ0) is 16.0. The Morgan fingerprint density at radius 2 is 2.05 bits per heavy atom. The number of benzene rings is 1. The molecule has 0 saturated heterocycles. The van der Waals surface area contributed by atoms with Gasteiger partial charge in [-0.15, -0.1) is 0 Å². The highest BCUT2D eigenvalue weighted by molar-refractivity contribution is 7.92. The molecule has 118 valence electrons. The van der Waals surface area contributed by atoms with Crippen molar-refractivity contribution in [2.75, 3.05) is 17.1 Å². The van der Waals surface area contributed by atoms with Gasteiger partial charge >= 0.3 is 0 Å². The van der Waals surface area contributed by atoms with Gasteiger partial charge in [-0.25, -0.2) is 8.42 Å². The van der Waals surface area contributed by atoms with Crippen molar-refractivity contribution in [3.63, 3.8) is 0 Å². The maximum Gasteiger partial charge on any atom is 0.240 e. The molecule has 1 aromatic rings. The summed E-state index contributed by atoms with van der Waals surface area (Å²) in [6, 6.07) is 7.15. The highest BCUT2D eigenvalue weighted by atomic mass is 32.2. The number of carbonyl (C=O) groups excluding carboxylic acids is 1. The van der Waals surface area contributed by atoms with Crippen LogP contribution in [0.2, 0.25) is 0 Å². The van der Waals surface area contributed by atoms with Gasteiger partial charge in [-0.2, -0.15) is 0 Å². The lowest BCUT2D eigenvalue weighted by atomic mass is 10.2. The molecule has 0 fully saturated rings. The minimum atomic E-state index is -3.51.